The molecule has 1 aromatic carbocycles. The fourth-order valence-electron chi connectivity index (χ4n) is 2.37. The third-order valence-electron chi connectivity index (χ3n) is 3.79. The van der Waals surface area contributed by atoms with Gasteiger partial charge in [0.15, 0.2) is 5.96 Å². The minimum Gasteiger partial charge on any atom is -0.467 e. The van der Waals surface area contributed by atoms with Crippen molar-refractivity contribution >= 4 is 5.96 Å². The topological polar surface area (TPSA) is 68.0 Å². The molecule has 142 valence electrons. The van der Waals surface area contributed by atoms with Gasteiger partial charge in [-0.25, -0.2) is 4.39 Å². The number of nitrogens with zero attached hydrogens (tertiary/aromatic N) is 1. The molecule has 1 unspecified atom stereocenters. The molecular weight excluding hydrogens is 337 g/mol. The van der Waals surface area contributed by atoms with Crippen LogP contribution in [-0.4, -0.2) is 39.8 Å². The molecule has 6 nitrogen and oxygen atoms in total. The molecule has 0 aliphatic carbocycles. The maximum absolute atomic E-state index is 13.0. The van der Waals surface area contributed by atoms with Crippen LogP contribution in [0.5, 0.6) is 0 Å². The van der Waals surface area contributed by atoms with Gasteiger partial charge in [0.2, 0.25) is 0 Å². The van der Waals surface area contributed by atoms with Gasteiger partial charge in [-0.05, 0) is 36.2 Å². The van der Waals surface area contributed by atoms with Gasteiger partial charge in [-0.2, -0.15) is 0 Å². The van der Waals surface area contributed by atoms with E-state index in [1.165, 1.54) is 12.1 Å². The van der Waals surface area contributed by atoms with E-state index in [0.717, 1.165) is 24.3 Å². The van der Waals surface area contributed by atoms with E-state index in [-0.39, 0.29) is 11.9 Å². The number of methoxy groups -OCH3 is 1. The Labute approximate surface area is 153 Å². The van der Waals surface area contributed by atoms with E-state index in [1.807, 2.05) is 12.1 Å². The number of hydrogen-bond donors (Lipinski definition) is 2. The van der Waals surface area contributed by atoms with Crippen molar-refractivity contribution in [1.82, 2.24) is 10.6 Å². The molecule has 2 aromatic rings. The third kappa shape index (κ3) is 6.85. The van der Waals surface area contributed by atoms with E-state index < -0.39 is 0 Å². The smallest absolute Gasteiger partial charge is 0.191 e. The number of ether oxygens (including phenoxy) is 2. The lowest BCUT2D eigenvalue weighted by atomic mass is 10.1. The Bertz CT molecular complexity index is 645. The molecule has 0 aliphatic heterocycles. The van der Waals surface area contributed by atoms with Gasteiger partial charge in [0.25, 0.3) is 0 Å². The van der Waals surface area contributed by atoms with Gasteiger partial charge in [0.1, 0.15) is 18.2 Å². The summed E-state index contributed by atoms with van der Waals surface area (Å²) in [5, 5.41) is 6.43. The van der Waals surface area contributed by atoms with Gasteiger partial charge in [-0.3, -0.25) is 4.99 Å². The molecule has 1 aromatic heterocycles. The van der Waals surface area contributed by atoms with Crippen molar-refractivity contribution in [1.29, 1.82) is 0 Å². The normalized spacial score (nSPS) is 12.8. The first-order valence-electron chi connectivity index (χ1n) is 8.56. The van der Waals surface area contributed by atoms with Crippen LogP contribution >= 0.6 is 0 Å². The molecule has 0 aliphatic rings. The summed E-state index contributed by atoms with van der Waals surface area (Å²) in [6.07, 6.45) is 2.29. The molecule has 1 atom stereocenters. The highest BCUT2D eigenvalue weighted by atomic mass is 19.1. The second kappa shape index (κ2) is 11.3. The zero-order chi connectivity index (χ0) is 18.6. The lowest BCUT2D eigenvalue weighted by Crippen LogP contribution is -2.40. The van der Waals surface area contributed by atoms with Crippen molar-refractivity contribution in [3.05, 3.63) is 59.8 Å². The first-order valence-corrected chi connectivity index (χ1v) is 8.56. The number of aliphatic imine (C=N–C) groups is 1. The maximum Gasteiger partial charge on any atom is 0.191 e. The molecule has 0 fully saturated rings. The fourth-order valence-corrected chi connectivity index (χ4v) is 2.37. The summed E-state index contributed by atoms with van der Waals surface area (Å²) in [7, 11) is 3.34. The Morgan fingerprint density at radius 1 is 1.23 bits per heavy atom. The van der Waals surface area contributed by atoms with Crippen molar-refractivity contribution in [2.75, 3.05) is 33.9 Å². The van der Waals surface area contributed by atoms with E-state index in [2.05, 4.69) is 15.6 Å². The van der Waals surface area contributed by atoms with E-state index in [0.29, 0.717) is 25.7 Å². The first-order chi connectivity index (χ1) is 12.7. The highest BCUT2D eigenvalue weighted by Crippen LogP contribution is 2.16. The van der Waals surface area contributed by atoms with Crippen LogP contribution in [0.3, 0.4) is 0 Å². The van der Waals surface area contributed by atoms with Crippen LogP contribution in [0, 0.1) is 5.82 Å². The lowest BCUT2D eigenvalue weighted by Gasteiger charge is -2.18. The fraction of sp³-hybridized carbons (Fsp3) is 0.421. The van der Waals surface area contributed by atoms with Gasteiger partial charge in [0, 0.05) is 33.9 Å². The number of hydrogen-bond acceptors (Lipinski definition) is 4. The van der Waals surface area contributed by atoms with E-state index in [1.54, 1.807) is 32.6 Å². The lowest BCUT2D eigenvalue weighted by molar-refractivity contribution is 0.104. The second-order valence-electron chi connectivity index (χ2n) is 5.64. The van der Waals surface area contributed by atoms with Crippen molar-refractivity contribution in [3.8, 4) is 0 Å². The number of halogens is 1. The quantitative estimate of drug-likeness (QED) is 0.386. The van der Waals surface area contributed by atoms with Crippen molar-refractivity contribution in [3.63, 3.8) is 0 Å². The molecule has 2 N–H and O–H groups in total. The van der Waals surface area contributed by atoms with Crippen LogP contribution < -0.4 is 10.6 Å². The molecule has 26 heavy (non-hydrogen) atoms. The van der Waals surface area contributed by atoms with Crippen LogP contribution in [0.25, 0.3) is 0 Å². The summed E-state index contributed by atoms with van der Waals surface area (Å²) >= 11 is 0. The highest BCUT2D eigenvalue weighted by Gasteiger charge is 2.11. The number of furan rings is 1. The molecular formula is C19H26FN3O3. The molecule has 0 bridgehead atoms. The van der Waals surface area contributed by atoms with Crippen LogP contribution in [0.1, 0.15) is 23.8 Å². The monoisotopic (exact) mass is 363 g/mol. The van der Waals surface area contributed by atoms with Crippen LogP contribution in [0.2, 0.25) is 0 Å². The Balaban J connectivity index is 1.64. The summed E-state index contributed by atoms with van der Waals surface area (Å²) in [6, 6.07) is 10.0. The van der Waals surface area contributed by atoms with Gasteiger partial charge in [-0.1, -0.05) is 12.1 Å². The number of guanidine groups is 1. The summed E-state index contributed by atoms with van der Waals surface area (Å²) in [6.45, 7) is 2.36. The molecule has 0 saturated heterocycles. The molecule has 0 amide bonds. The Morgan fingerprint density at radius 2 is 2.04 bits per heavy atom. The largest absolute Gasteiger partial charge is 0.467 e. The van der Waals surface area contributed by atoms with Crippen molar-refractivity contribution < 1.29 is 18.3 Å². The Morgan fingerprint density at radius 3 is 2.69 bits per heavy atom. The van der Waals surface area contributed by atoms with Gasteiger partial charge >= 0.3 is 0 Å². The summed E-state index contributed by atoms with van der Waals surface area (Å²) in [5.41, 5.74) is 0.906. The SMILES string of the molecule is CN=C(NCCCOCc1ccco1)NCC(OC)c1ccc(F)cc1. The Hall–Kier alpha value is -2.38. The van der Waals surface area contributed by atoms with Crippen molar-refractivity contribution in [2.45, 2.75) is 19.1 Å². The van der Waals surface area contributed by atoms with E-state index in [9.17, 15) is 4.39 Å². The summed E-state index contributed by atoms with van der Waals surface area (Å²) in [4.78, 5) is 4.18. The predicted octanol–water partition coefficient (Wildman–Crippen LogP) is 2.88. The standard InChI is InChI=1S/C19H26FN3O3/c1-21-19(22-10-4-11-25-14-17-5-3-12-26-17)23-13-18(24-2)15-6-8-16(20)9-7-15/h3,5-9,12,18H,4,10-11,13-14H2,1-2H3,(H2,21,22,23). The second-order valence-corrected chi connectivity index (χ2v) is 5.64. The average Bonchev–Trinajstić information content (AvgIpc) is 3.18. The minimum absolute atomic E-state index is 0.189. The molecule has 0 saturated carbocycles. The summed E-state index contributed by atoms with van der Waals surface area (Å²) < 4.78 is 29.2. The maximum atomic E-state index is 13.0. The molecule has 1 heterocycles. The number of nitrogens with one attached hydrogen (secondary N) is 2. The van der Waals surface area contributed by atoms with Gasteiger partial charge < -0.3 is 24.5 Å². The first kappa shape index (κ1) is 19.9. The number of rotatable bonds is 10. The van der Waals surface area contributed by atoms with Gasteiger partial charge in [-0.15, -0.1) is 0 Å². The average molecular weight is 363 g/mol. The van der Waals surface area contributed by atoms with Gasteiger partial charge in [0.05, 0.1) is 12.4 Å². The minimum atomic E-state index is -0.261. The summed E-state index contributed by atoms with van der Waals surface area (Å²) in [5.74, 6) is 1.24. The molecule has 7 heteroatoms. The molecule has 0 radical (unpaired) electrons. The van der Waals surface area contributed by atoms with E-state index >= 15 is 0 Å². The molecule has 2 rings (SSSR count). The highest BCUT2D eigenvalue weighted by molar-refractivity contribution is 5.79. The van der Waals surface area contributed by atoms with Crippen LogP contribution in [-0.2, 0) is 16.1 Å². The predicted molar refractivity (Wildman–Crippen MR) is 98.5 cm³/mol. The zero-order valence-corrected chi connectivity index (χ0v) is 15.2. The van der Waals surface area contributed by atoms with Crippen LogP contribution in [0.15, 0.2) is 52.1 Å². The zero-order valence-electron chi connectivity index (χ0n) is 15.2. The third-order valence-corrected chi connectivity index (χ3v) is 3.79. The Kier molecular flexibility index (Phi) is 8.65. The number of benzene rings is 1. The van der Waals surface area contributed by atoms with Crippen molar-refractivity contribution in [2.24, 2.45) is 4.99 Å². The molecule has 0 spiro atoms. The van der Waals surface area contributed by atoms with Crippen LogP contribution in [0.4, 0.5) is 4.39 Å². The van der Waals surface area contributed by atoms with E-state index in [4.69, 9.17) is 13.9 Å².